The lowest BCUT2D eigenvalue weighted by molar-refractivity contribution is -0.129. The van der Waals surface area contributed by atoms with Crippen LogP contribution in [0.4, 0.5) is 4.39 Å². The average Bonchev–Trinajstić information content (AvgIpc) is 3.07. The second-order valence-corrected chi connectivity index (χ2v) is 6.79. The zero-order valence-electron chi connectivity index (χ0n) is 14.5. The SMILES string of the molecule is CC(=O)N1CCC(c2ccc3c(cnn3-c3ccc(F)c(O)c3)c2)CC1. The van der Waals surface area contributed by atoms with Gasteiger partial charge in [-0.05, 0) is 48.6 Å². The molecule has 0 radical (unpaired) electrons. The van der Waals surface area contributed by atoms with Crippen molar-refractivity contribution < 1.29 is 14.3 Å². The number of nitrogens with zero attached hydrogens (tertiary/aromatic N) is 3. The van der Waals surface area contributed by atoms with Gasteiger partial charge in [-0.3, -0.25) is 4.79 Å². The highest BCUT2D eigenvalue weighted by atomic mass is 19.1. The predicted molar refractivity (Wildman–Crippen MR) is 96.9 cm³/mol. The van der Waals surface area contributed by atoms with Crippen LogP contribution in [0.15, 0.2) is 42.6 Å². The quantitative estimate of drug-likeness (QED) is 0.766. The smallest absolute Gasteiger partial charge is 0.219 e. The summed E-state index contributed by atoms with van der Waals surface area (Å²) in [5.74, 6) is -0.458. The van der Waals surface area contributed by atoms with Crippen LogP contribution in [0.1, 0.15) is 31.2 Å². The zero-order valence-corrected chi connectivity index (χ0v) is 14.5. The first-order valence-corrected chi connectivity index (χ1v) is 8.75. The van der Waals surface area contributed by atoms with Crippen molar-refractivity contribution in [2.75, 3.05) is 13.1 Å². The number of amides is 1. The van der Waals surface area contributed by atoms with Crippen LogP contribution in [-0.4, -0.2) is 38.8 Å². The normalized spacial score (nSPS) is 15.5. The van der Waals surface area contributed by atoms with E-state index in [1.807, 2.05) is 11.0 Å². The van der Waals surface area contributed by atoms with Crippen molar-refractivity contribution >= 4 is 16.8 Å². The fourth-order valence-corrected chi connectivity index (χ4v) is 3.67. The van der Waals surface area contributed by atoms with Crippen molar-refractivity contribution in [2.45, 2.75) is 25.7 Å². The highest BCUT2D eigenvalue weighted by molar-refractivity contribution is 5.81. The monoisotopic (exact) mass is 353 g/mol. The number of carbonyl (C=O) groups is 1. The molecule has 0 spiro atoms. The molecule has 1 fully saturated rings. The summed E-state index contributed by atoms with van der Waals surface area (Å²) < 4.78 is 15.0. The maximum absolute atomic E-state index is 13.3. The van der Waals surface area contributed by atoms with Crippen molar-refractivity contribution in [3.63, 3.8) is 0 Å². The number of likely N-dealkylation sites (tertiary alicyclic amines) is 1. The van der Waals surface area contributed by atoms with Crippen molar-refractivity contribution in [2.24, 2.45) is 0 Å². The minimum Gasteiger partial charge on any atom is -0.505 e. The summed E-state index contributed by atoms with van der Waals surface area (Å²) in [5.41, 5.74) is 2.77. The highest BCUT2D eigenvalue weighted by Crippen LogP contribution is 2.31. The third-order valence-corrected chi connectivity index (χ3v) is 5.18. The van der Waals surface area contributed by atoms with E-state index in [1.54, 1.807) is 23.9 Å². The van der Waals surface area contributed by atoms with Gasteiger partial charge in [0.1, 0.15) is 0 Å². The number of phenolic OH excluding ortho intramolecular Hbond substituents is 1. The van der Waals surface area contributed by atoms with Crippen LogP contribution >= 0.6 is 0 Å². The van der Waals surface area contributed by atoms with E-state index in [2.05, 4.69) is 17.2 Å². The molecule has 1 N–H and O–H groups in total. The van der Waals surface area contributed by atoms with Crippen molar-refractivity contribution in [1.82, 2.24) is 14.7 Å². The number of piperidine rings is 1. The zero-order chi connectivity index (χ0) is 18.3. The third kappa shape index (κ3) is 2.92. The van der Waals surface area contributed by atoms with Gasteiger partial charge in [0.05, 0.1) is 17.4 Å². The van der Waals surface area contributed by atoms with E-state index in [1.165, 1.54) is 17.7 Å². The van der Waals surface area contributed by atoms with Crippen molar-refractivity contribution in [3.05, 3.63) is 54.0 Å². The molecule has 2 heterocycles. The molecule has 4 rings (SSSR count). The second kappa shape index (κ2) is 6.44. The molecule has 0 unspecified atom stereocenters. The maximum Gasteiger partial charge on any atom is 0.219 e. The van der Waals surface area contributed by atoms with Crippen LogP contribution < -0.4 is 0 Å². The van der Waals surface area contributed by atoms with E-state index in [9.17, 15) is 14.3 Å². The largest absolute Gasteiger partial charge is 0.505 e. The summed E-state index contributed by atoms with van der Waals surface area (Å²) in [6.07, 6.45) is 3.71. The number of aromatic hydroxyl groups is 1. The Morgan fingerprint density at radius 2 is 1.96 bits per heavy atom. The summed E-state index contributed by atoms with van der Waals surface area (Å²) in [6, 6.07) is 10.4. The molecule has 1 aliphatic rings. The van der Waals surface area contributed by atoms with E-state index in [4.69, 9.17) is 0 Å². The summed E-state index contributed by atoms with van der Waals surface area (Å²) in [5, 5.41) is 15.0. The molecule has 0 bridgehead atoms. The van der Waals surface area contributed by atoms with E-state index in [-0.39, 0.29) is 11.7 Å². The Labute approximate surface area is 150 Å². The second-order valence-electron chi connectivity index (χ2n) is 6.79. The molecule has 0 atom stereocenters. The lowest BCUT2D eigenvalue weighted by Gasteiger charge is -2.31. The first kappa shape index (κ1) is 16.6. The molecule has 1 aromatic heterocycles. The van der Waals surface area contributed by atoms with Gasteiger partial charge in [0.25, 0.3) is 0 Å². The molecule has 0 saturated carbocycles. The Balaban J connectivity index is 1.61. The minimum atomic E-state index is -0.649. The minimum absolute atomic E-state index is 0.141. The predicted octanol–water partition coefficient (Wildman–Crippen LogP) is 3.60. The molecule has 1 saturated heterocycles. The Kier molecular flexibility index (Phi) is 4.11. The summed E-state index contributed by atoms with van der Waals surface area (Å²) >= 11 is 0. The number of aromatic nitrogens is 2. The molecule has 5 nitrogen and oxygen atoms in total. The Morgan fingerprint density at radius 1 is 1.19 bits per heavy atom. The number of benzene rings is 2. The van der Waals surface area contributed by atoms with Gasteiger partial charge in [-0.25, -0.2) is 9.07 Å². The van der Waals surface area contributed by atoms with Crippen LogP contribution in [0.3, 0.4) is 0 Å². The van der Waals surface area contributed by atoms with Gasteiger partial charge in [-0.15, -0.1) is 0 Å². The topological polar surface area (TPSA) is 58.4 Å². The van der Waals surface area contributed by atoms with Crippen LogP contribution in [0.5, 0.6) is 5.75 Å². The molecule has 1 aliphatic heterocycles. The first-order chi connectivity index (χ1) is 12.5. The van der Waals surface area contributed by atoms with Crippen molar-refractivity contribution in [3.8, 4) is 11.4 Å². The number of hydrogen-bond donors (Lipinski definition) is 1. The van der Waals surface area contributed by atoms with Crippen LogP contribution in [0.25, 0.3) is 16.6 Å². The molecular formula is C20H20FN3O2. The van der Waals surface area contributed by atoms with E-state index >= 15 is 0 Å². The number of fused-ring (bicyclic) bond motifs is 1. The van der Waals surface area contributed by atoms with Crippen molar-refractivity contribution in [1.29, 1.82) is 0 Å². The lowest BCUT2D eigenvalue weighted by atomic mass is 9.89. The standard InChI is InChI=1S/C20H20FN3O2/c1-13(25)23-8-6-14(7-9-23)15-2-5-19-16(10-15)12-22-24(19)17-3-4-18(21)20(26)11-17/h2-5,10-12,14,26H,6-9H2,1H3. The Morgan fingerprint density at radius 3 is 2.65 bits per heavy atom. The number of hydrogen-bond acceptors (Lipinski definition) is 3. The number of phenols is 1. The maximum atomic E-state index is 13.3. The lowest BCUT2D eigenvalue weighted by Crippen LogP contribution is -2.36. The molecule has 1 amide bonds. The molecule has 0 aliphatic carbocycles. The highest BCUT2D eigenvalue weighted by Gasteiger charge is 2.22. The summed E-state index contributed by atoms with van der Waals surface area (Å²) in [7, 11) is 0. The molecule has 134 valence electrons. The molecule has 3 aromatic rings. The molecule has 2 aromatic carbocycles. The Bertz CT molecular complexity index is 974. The van der Waals surface area contributed by atoms with Gasteiger partial charge in [0.2, 0.25) is 5.91 Å². The van der Waals surface area contributed by atoms with Crippen LogP contribution in [0.2, 0.25) is 0 Å². The average molecular weight is 353 g/mol. The number of rotatable bonds is 2. The molecule has 26 heavy (non-hydrogen) atoms. The molecule has 6 heteroatoms. The van der Waals surface area contributed by atoms with Gasteiger partial charge >= 0.3 is 0 Å². The number of carbonyl (C=O) groups excluding carboxylic acids is 1. The Hall–Kier alpha value is -2.89. The summed E-state index contributed by atoms with van der Waals surface area (Å²) in [6.45, 7) is 3.21. The van der Waals surface area contributed by atoms with Gasteiger partial charge in [0.15, 0.2) is 11.6 Å². The fourth-order valence-electron chi connectivity index (χ4n) is 3.67. The van der Waals surface area contributed by atoms with E-state index < -0.39 is 5.82 Å². The van der Waals surface area contributed by atoms with Gasteiger partial charge < -0.3 is 10.0 Å². The van der Waals surface area contributed by atoms with E-state index in [0.717, 1.165) is 36.8 Å². The summed E-state index contributed by atoms with van der Waals surface area (Å²) in [4.78, 5) is 13.4. The first-order valence-electron chi connectivity index (χ1n) is 8.75. The van der Waals surface area contributed by atoms with Gasteiger partial charge in [-0.2, -0.15) is 5.10 Å². The third-order valence-electron chi connectivity index (χ3n) is 5.18. The van der Waals surface area contributed by atoms with Crippen LogP contribution in [-0.2, 0) is 4.79 Å². The van der Waals surface area contributed by atoms with Crippen LogP contribution in [0, 0.1) is 5.82 Å². The van der Waals surface area contributed by atoms with Gasteiger partial charge in [-0.1, -0.05) is 6.07 Å². The number of halogens is 1. The fraction of sp³-hybridized carbons (Fsp3) is 0.300. The van der Waals surface area contributed by atoms with Gasteiger partial charge in [0, 0.05) is 31.5 Å². The molecular weight excluding hydrogens is 333 g/mol. The van der Waals surface area contributed by atoms with E-state index in [0.29, 0.717) is 11.6 Å².